The Kier molecular flexibility index (Phi) is 8.27. The third-order valence-corrected chi connectivity index (χ3v) is 6.24. The van der Waals surface area contributed by atoms with Crippen LogP contribution in [0, 0.1) is 5.41 Å². The molecule has 1 atom stereocenters. The number of amidine groups is 1. The van der Waals surface area contributed by atoms with Crippen molar-refractivity contribution < 1.29 is 19.5 Å². The summed E-state index contributed by atoms with van der Waals surface area (Å²) in [4.78, 5) is 18.7. The van der Waals surface area contributed by atoms with E-state index in [1.807, 2.05) is 42.5 Å². The molecule has 0 bridgehead atoms. The van der Waals surface area contributed by atoms with Crippen LogP contribution in [0.5, 0.6) is 0 Å². The van der Waals surface area contributed by atoms with Gasteiger partial charge in [-0.25, -0.2) is 4.79 Å². The number of hydrogen-bond donors (Lipinski definition) is 3. The molecule has 1 unspecified atom stereocenters. The van der Waals surface area contributed by atoms with Crippen LogP contribution in [-0.2, 0) is 20.8 Å². The molecule has 8 heteroatoms. The van der Waals surface area contributed by atoms with Crippen molar-refractivity contribution in [1.82, 2.24) is 10.2 Å². The van der Waals surface area contributed by atoms with Gasteiger partial charge >= 0.3 is 5.97 Å². The molecule has 2 aromatic rings. The fourth-order valence-corrected chi connectivity index (χ4v) is 4.34. The highest BCUT2D eigenvalue weighted by Crippen LogP contribution is 2.21. The van der Waals surface area contributed by atoms with Gasteiger partial charge in [0.2, 0.25) is 0 Å². The summed E-state index contributed by atoms with van der Waals surface area (Å²) in [5, 5.41) is 24.5. The predicted octanol–water partition coefficient (Wildman–Crippen LogP) is 2.90. The molecule has 2 heterocycles. The van der Waals surface area contributed by atoms with E-state index in [1.54, 1.807) is 0 Å². The molecule has 0 saturated carbocycles. The fraction of sp³-hybridized carbons (Fsp3) is 0.423. The summed E-state index contributed by atoms with van der Waals surface area (Å²) in [6, 6.07) is 18.1. The number of nitrogens with one attached hydrogen (secondary N) is 2. The number of carbonyl (C=O) groups is 1. The van der Waals surface area contributed by atoms with Gasteiger partial charge in [-0.15, -0.1) is 0 Å². The average molecular weight is 465 g/mol. The molecule has 3 N–H and O–H groups in total. The maximum atomic E-state index is 10.6. The monoisotopic (exact) mass is 464 g/mol. The highest BCUT2D eigenvalue weighted by molar-refractivity contribution is 6.02. The van der Waals surface area contributed by atoms with Crippen molar-refractivity contribution in [2.24, 2.45) is 5.16 Å². The first kappa shape index (κ1) is 23.9. The van der Waals surface area contributed by atoms with Crippen LogP contribution in [0.3, 0.4) is 0 Å². The molecule has 2 aliphatic heterocycles. The van der Waals surface area contributed by atoms with Crippen LogP contribution in [-0.4, -0.2) is 72.5 Å². The third kappa shape index (κ3) is 6.88. The van der Waals surface area contributed by atoms with E-state index in [1.165, 1.54) is 5.56 Å². The minimum absolute atomic E-state index is 0.0177. The lowest BCUT2D eigenvalue weighted by Gasteiger charge is -2.32. The Morgan fingerprint density at radius 1 is 1.15 bits per heavy atom. The molecule has 1 fully saturated rings. The summed E-state index contributed by atoms with van der Waals surface area (Å²) in [6.07, 6.45) is 3.34. The lowest BCUT2D eigenvalue weighted by atomic mass is 10.0. The van der Waals surface area contributed by atoms with Crippen molar-refractivity contribution >= 4 is 17.5 Å². The molecular formula is C26H32N4O4. The van der Waals surface area contributed by atoms with Crippen LogP contribution in [0.1, 0.15) is 36.0 Å². The minimum Gasteiger partial charge on any atom is -0.480 e. The van der Waals surface area contributed by atoms with E-state index in [2.05, 4.69) is 27.5 Å². The van der Waals surface area contributed by atoms with Crippen LogP contribution in [0.25, 0.3) is 0 Å². The second-order valence-corrected chi connectivity index (χ2v) is 8.79. The van der Waals surface area contributed by atoms with Crippen molar-refractivity contribution in [2.75, 3.05) is 32.8 Å². The van der Waals surface area contributed by atoms with Gasteiger partial charge in [0.05, 0.1) is 11.8 Å². The van der Waals surface area contributed by atoms with Crippen molar-refractivity contribution in [3.63, 3.8) is 0 Å². The number of rotatable bonds is 10. The Balaban J connectivity index is 1.18. The Hall–Kier alpha value is -3.23. The van der Waals surface area contributed by atoms with Gasteiger partial charge in [-0.3, -0.25) is 10.3 Å². The summed E-state index contributed by atoms with van der Waals surface area (Å²) in [6.45, 7) is 3.03. The van der Waals surface area contributed by atoms with E-state index in [0.717, 1.165) is 68.7 Å². The maximum absolute atomic E-state index is 10.6. The Morgan fingerprint density at radius 3 is 2.59 bits per heavy atom. The number of piperidine rings is 1. The smallest absolute Gasteiger partial charge is 0.329 e. The molecule has 2 aromatic carbocycles. The highest BCUT2D eigenvalue weighted by Gasteiger charge is 2.27. The van der Waals surface area contributed by atoms with Crippen molar-refractivity contribution in [2.45, 2.75) is 37.9 Å². The summed E-state index contributed by atoms with van der Waals surface area (Å²) in [7, 11) is 0. The van der Waals surface area contributed by atoms with Crippen LogP contribution in [0.4, 0.5) is 0 Å². The van der Waals surface area contributed by atoms with E-state index < -0.39 is 5.97 Å². The average Bonchev–Trinajstić information content (AvgIpc) is 3.33. The normalized spacial score (nSPS) is 18.8. The first-order chi connectivity index (χ1) is 16.6. The summed E-state index contributed by atoms with van der Waals surface area (Å²) < 4.78 is 5.41. The predicted molar refractivity (Wildman–Crippen MR) is 130 cm³/mol. The third-order valence-electron chi connectivity index (χ3n) is 6.24. The summed E-state index contributed by atoms with van der Waals surface area (Å²) in [5.41, 5.74) is 4.05. The lowest BCUT2D eigenvalue weighted by molar-refractivity contribution is -0.145. The molecule has 0 spiro atoms. The minimum atomic E-state index is -0.921. The Morgan fingerprint density at radius 2 is 1.88 bits per heavy atom. The maximum Gasteiger partial charge on any atom is 0.329 e. The van der Waals surface area contributed by atoms with Crippen molar-refractivity contribution in [1.29, 1.82) is 5.41 Å². The van der Waals surface area contributed by atoms with Crippen LogP contribution >= 0.6 is 0 Å². The van der Waals surface area contributed by atoms with Gasteiger partial charge in [0, 0.05) is 38.2 Å². The first-order valence-electron chi connectivity index (χ1n) is 11.8. The number of carboxylic acid groups (broad SMARTS) is 1. The molecule has 0 aliphatic carbocycles. The molecule has 0 amide bonds. The number of oxime groups is 1. The molecule has 0 radical (unpaired) electrons. The number of carboxylic acids is 1. The van der Waals surface area contributed by atoms with Crippen LogP contribution in [0.15, 0.2) is 59.8 Å². The van der Waals surface area contributed by atoms with Gasteiger partial charge in [0.25, 0.3) is 0 Å². The molecule has 0 aromatic heterocycles. The van der Waals surface area contributed by atoms with Gasteiger partial charge in [-0.05, 0) is 30.4 Å². The zero-order valence-corrected chi connectivity index (χ0v) is 19.3. The van der Waals surface area contributed by atoms with Gasteiger partial charge in [-0.1, -0.05) is 59.8 Å². The number of hydrogen-bond acceptors (Lipinski definition) is 6. The van der Waals surface area contributed by atoms with Gasteiger partial charge in [-0.2, -0.15) is 0 Å². The molecule has 34 heavy (non-hydrogen) atoms. The van der Waals surface area contributed by atoms with E-state index in [4.69, 9.17) is 20.1 Å². The zero-order chi connectivity index (χ0) is 23.8. The standard InChI is InChI=1S/C26H32N4O4/c27-26(28-13-10-19-4-2-1-3-5-19)21-8-6-20(7-9-21)24-16-23(34-29-24)17-30-14-11-22(12-15-30)33-18-25(31)32/h1-9,22-23H,10-18H2,(H2,27,28)(H,31,32). The second-order valence-electron chi connectivity index (χ2n) is 8.79. The second kappa shape index (κ2) is 11.8. The fourth-order valence-electron chi connectivity index (χ4n) is 4.34. The number of aliphatic carboxylic acids is 1. The number of nitrogens with zero attached hydrogens (tertiary/aromatic N) is 2. The lowest BCUT2D eigenvalue weighted by Crippen LogP contribution is -2.41. The van der Waals surface area contributed by atoms with Gasteiger partial charge in [0.1, 0.15) is 18.5 Å². The number of likely N-dealkylation sites (tertiary alicyclic amines) is 1. The summed E-state index contributed by atoms with van der Waals surface area (Å²) in [5.74, 6) is -0.503. The first-order valence-corrected chi connectivity index (χ1v) is 11.8. The number of benzene rings is 2. The quantitative estimate of drug-likeness (QED) is 0.369. The molecule has 1 saturated heterocycles. The van der Waals surface area contributed by atoms with E-state index in [9.17, 15) is 4.79 Å². The highest BCUT2D eigenvalue weighted by atomic mass is 16.6. The van der Waals surface area contributed by atoms with Gasteiger partial charge in [0.15, 0.2) is 0 Å². The van der Waals surface area contributed by atoms with Crippen LogP contribution in [0.2, 0.25) is 0 Å². The van der Waals surface area contributed by atoms with E-state index in [0.29, 0.717) is 5.84 Å². The Bertz CT molecular complexity index is 986. The largest absolute Gasteiger partial charge is 0.480 e. The molecule has 180 valence electrons. The Labute approximate surface area is 200 Å². The van der Waals surface area contributed by atoms with Gasteiger partial charge < -0.3 is 20.0 Å². The number of ether oxygens (including phenoxy) is 1. The molecule has 2 aliphatic rings. The molecule has 8 nitrogen and oxygen atoms in total. The van der Waals surface area contributed by atoms with E-state index in [-0.39, 0.29) is 18.8 Å². The SMILES string of the molecule is N=C(NCCc1ccccc1)c1ccc(C2=NOC(CN3CCC(OCC(=O)O)CC3)C2)cc1. The molecule has 4 rings (SSSR count). The topological polar surface area (TPSA) is 107 Å². The van der Waals surface area contributed by atoms with Crippen molar-refractivity contribution in [3.8, 4) is 0 Å². The van der Waals surface area contributed by atoms with Crippen molar-refractivity contribution in [3.05, 3.63) is 71.3 Å². The van der Waals surface area contributed by atoms with Crippen LogP contribution < -0.4 is 5.32 Å². The summed E-state index contributed by atoms with van der Waals surface area (Å²) >= 11 is 0. The zero-order valence-electron chi connectivity index (χ0n) is 19.3. The van der Waals surface area contributed by atoms with E-state index >= 15 is 0 Å². The molecular weight excluding hydrogens is 432 g/mol.